The molecule has 0 radical (unpaired) electrons. The van der Waals surface area contributed by atoms with Crippen molar-refractivity contribution < 1.29 is 13.6 Å². The number of piperidine rings is 1. The number of benzene rings is 1. The quantitative estimate of drug-likeness (QED) is 0.517. The molecule has 30 heavy (non-hydrogen) atoms. The van der Waals surface area contributed by atoms with E-state index in [1.807, 2.05) is 12.1 Å². The molecular formula is C24H27FN2O2S. The third kappa shape index (κ3) is 4.50. The topological polar surface area (TPSA) is 45.5 Å². The molecule has 1 saturated heterocycles. The average Bonchev–Trinajstić information content (AvgIpc) is 3.42. The van der Waals surface area contributed by atoms with E-state index in [1.54, 1.807) is 23.5 Å². The lowest BCUT2D eigenvalue weighted by atomic mass is 9.92. The number of rotatable bonds is 6. The molecule has 158 valence electrons. The molecule has 1 unspecified atom stereocenters. The zero-order valence-corrected chi connectivity index (χ0v) is 18.2. The van der Waals surface area contributed by atoms with Crippen LogP contribution < -0.4 is 5.32 Å². The second-order valence-corrected chi connectivity index (χ2v) is 9.09. The third-order valence-electron chi connectivity index (χ3n) is 5.80. The summed E-state index contributed by atoms with van der Waals surface area (Å²) in [6, 6.07) is 12.3. The van der Waals surface area contributed by atoms with Crippen molar-refractivity contribution in [3.8, 4) is 0 Å². The monoisotopic (exact) mass is 426 g/mol. The number of carbonyl (C=O) groups excluding carboxylic acids is 1. The van der Waals surface area contributed by atoms with Crippen LogP contribution in [0.5, 0.6) is 0 Å². The molecule has 0 spiro atoms. The molecular weight excluding hydrogens is 399 g/mol. The van der Waals surface area contributed by atoms with Gasteiger partial charge in [-0.25, -0.2) is 4.39 Å². The van der Waals surface area contributed by atoms with Crippen molar-refractivity contribution in [1.29, 1.82) is 0 Å². The SMILES string of the molecule is CCc1cc(C(c2ccc(F)cc2)N2CCC(C)CC2)c(NC(=O)c2ccco2)s1. The van der Waals surface area contributed by atoms with Gasteiger partial charge in [-0.1, -0.05) is 26.0 Å². The fourth-order valence-corrected chi connectivity index (χ4v) is 5.05. The predicted molar refractivity (Wildman–Crippen MR) is 119 cm³/mol. The van der Waals surface area contributed by atoms with Crippen LogP contribution in [0.2, 0.25) is 0 Å². The van der Waals surface area contributed by atoms with Crippen molar-refractivity contribution in [2.75, 3.05) is 18.4 Å². The van der Waals surface area contributed by atoms with E-state index in [4.69, 9.17) is 4.42 Å². The van der Waals surface area contributed by atoms with E-state index < -0.39 is 0 Å². The predicted octanol–water partition coefficient (Wildman–Crippen LogP) is 6.12. The lowest BCUT2D eigenvalue weighted by Crippen LogP contribution is -2.37. The number of thiophene rings is 1. The molecule has 1 atom stereocenters. The van der Waals surface area contributed by atoms with Gasteiger partial charge in [0.25, 0.3) is 5.91 Å². The summed E-state index contributed by atoms with van der Waals surface area (Å²) in [6.45, 7) is 6.36. The van der Waals surface area contributed by atoms with E-state index in [0.717, 1.165) is 48.5 Å². The number of anilines is 1. The van der Waals surface area contributed by atoms with Crippen LogP contribution in [0.15, 0.2) is 53.1 Å². The van der Waals surface area contributed by atoms with Gasteiger partial charge in [-0.05, 0) is 74.2 Å². The number of furan rings is 1. The Balaban J connectivity index is 1.72. The third-order valence-corrected chi connectivity index (χ3v) is 7.01. The lowest BCUT2D eigenvalue weighted by molar-refractivity contribution is 0.0996. The molecule has 3 aromatic rings. The number of amides is 1. The molecule has 3 heterocycles. The van der Waals surface area contributed by atoms with Gasteiger partial charge in [0.2, 0.25) is 0 Å². The molecule has 1 fully saturated rings. The van der Waals surface area contributed by atoms with Gasteiger partial charge in [0.1, 0.15) is 10.8 Å². The van der Waals surface area contributed by atoms with E-state index in [2.05, 4.69) is 30.1 Å². The minimum atomic E-state index is -0.254. The Morgan fingerprint density at radius 1 is 1.27 bits per heavy atom. The molecule has 1 amide bonds. The number of likely N-dealkylation sites (tertiary alicyclic amines) is 1. The molecule has 1 N–H and O–H groups in total. The fourth-order valence-electron chi connectivity index (χ4n) is 4.02. The van der Waals surface area contributed by atoms with Crippen molar-refractivity contribution in [3.05, 3.63) is 76.3 Å². The summed E-state index contributed by atoms with van der Waals surface area (Å²) in [5.74, 6) is 0.506. The Labute approximate surface area is 180 Å². The van der Waals surface area contributed by atoms with Crippen LogP contribution in [-0.2, 0) is 6.42 Å². The van der Waals surface area contributed by atoms with Gasteiger partial charge >= 0.3 is 0 Å². The maximum Gasteiger partial charge on any atom is 0.291 e. The van der Waals surface area contributed by atoms with E-state index in [-0.39, 0.29) is 23.5 Å². The molecule has 1 aliphatic heterocycles. The number of nitrogens with one attached hydrogen (secondary N) is 1. The highest BCUT2D eigenvalue weighted by Crippen LogP contribution is 2.41. The van der Waals surface area contributed by atoms with Crippen LogP contribution in [0.1, 0.15) is 59.3 Å². The lowest BCUT2D eigenvalue weighted by Gasteiger charge is -2.37. The molecule has 2 aromatic heterocycles. The Morgan fingerprint density at radius 2 is 2.00 bits per heavy atom. The minimum Gasteiger partial charge on any atom is -0.459 e. The van der Waals surface area contributed by atoms with Gasteiger partial charge < -0.3 is 9.73 Å². The fraction of sp³-hybridized carbons (Fsp3) is 0.375. The summed E-state index contributed by atoms with van der Waals surface area (Å²) >= 11 is 1.60. The summed E-state index contributed by atoms with van der Waals surface area (Å²) < 4.78 is 18.9. The Hall–Kier alpha value is -2.44. The summed E-state index contributed by atoms with van der Waals surface area (Å²) in [5, 5.41) is 3.90. The number of nitrogens with zero attached hydrogens (tertiary/aromatic N) is 1. The highest BCUT2D eigenvalue weighted by molar-refractivity contribution is 7.16. The van der Waals surface area contributed by atoms with Crippen molar-refractivity contribution >= 4 is 22.2 Å². The Kier molecular flexibility index (Phi) is 6.35. The van der Waals surface area contributed by atoms with E-state index in [0.29, 0.717) is 5.92 Å². The number of hydrogen-bond acceptors (Lipinski definition) is 4. The molecule has 4 nitrogen and oxygen atoms in total. The van der Waals surface area contributed by atoms with Crippen molar-refractivity contribution in [2.45, 2.75) is 39.2 Å². The first-order valence-corrected chi connectivity index (χ1v) is 11.3. The standard InChI is InChI=1S/C24H27FN2O2S/c1-3-19-15-20(24(30-19)26-23(28)21-5-4-14-29-21)22(17-6-8-18(25)9-7-17)27-12-10-16(2)11-13-27/h4-9,14-16,22H,3,10-13H2,1-2H3,(H,26,28). The van der Waals surface area contributed by atoms with Crippen LogP contribution in [-0.4, -0.2) is 23.9 Å². The summed E-state index contributed by atoms with van der Waals surface area (Å²) in [7, 11) is 0. The molecule has 6 heteroatoms. The average molecular weight is 427 g/mol. The number of hydrogen-bond donors (Lipinski definition) is 1. The highest BCUT2D eigenvalue weighted by atomic mass is 32.1. The number of halogens is 1. The Bertz CT molecular complexity index is 973. The van der Waals surface area contributed by atoms with Crippen LogP contribution in [0.25, 0.3) is 0 Å². The maximum atomic E-state index is 13.6. The molecule has 1 aliphatic rings. The van der Waals surface area contributed by atoms with Gasteiger partial charge in [-0.15, -0.1) is 11.3 Å². The number of carbonyl (C=O) groups is 1. The number of aryl methyl sites for hydroxylation is 1. The van der Waals surface area contributed by atoms with Crippen molar-refractivity contribution in [1.82, 2.24) is 4.90 Å². The zero-order valence-electron chi connectivity index (χ0n) is 17.4. The van der Waals surface area contributed by atoms with Crippen molar-refractivity contribution in [2.24, 2.45) is 5.92 Å². The second-order valence-electron chi connectivity index (χ2n) is 7.95. The van der Waals surface area contributed by atoms with Crippen LogP contribution in [0, 0.1) is 11.7 Å². The summed E-state index contributed by atoms with van der Waals surface area (Å²) in [5.41, 5.74) is 2.11. The first-order valence-electron chi connectivity index (χ1n) is 10.5. The highest BCUT2D eigenvalue weighted by Gasteiger charge is 2.30. The van der Waals surface area contributed by atoms with Crippen LogP contribution >= 0.6 is 11.3 Å². The smallest absolute Gasteiger partial charge is 0.291 e. The Morgan fingerprint density at radius 3 is 2.63 bits per heavy atom. The van der Waals surface area contributed by atoms with E-state index >= 15 is 0 Å². The molecule has 0 aliphatic carbocycles. The summed E-state index contributed by atoms with van der Waals surface area (Å²) in [4.78, 5) is 16.3. The van der Waals surface area contributed by atoms with E-state index in [9.17, 15) is 9.18 Å². The first-order chi connectivity index (χ1) is 14.5. The molecule has 0 bridgehead atoms. The maximum absolute atomic E-state index is 13.6. The normalized spacial score (nSPS) is 16.5. The van der Waals surface area contributed by atoms with Gasteiger partial charge in [0.15, 0.2) is 5.76 Å². The molecule has 1 aromatic carbocycles. The minimum absolute atomic E-state index is 0.0263. The van der Waals surface area contributed by atoms with Gasteiger partial charge in [0.05, 0.1) is 12.3 Å². The van der Waals surface area contributed by atoms with Gasteiger partial charge in [0, 0.05) is 10.4 Å². The van der Waals surface area contributed by atoms with Crippen LogP contribution in [0.4, 0.5) is 9.39 Å². The summed E-state index contributed by atoms with van der Waals surface area (Å²) in [6.07, 6.45) is 4.66. The molecule has 0 saturated carbocycles. The second kappa shape index (κ2) is 9.14. The zero-order chi connectivity index (χ0) is 21.1. The largest absolute Gasteiger partial charge is 0.459 e. The molecule has 4 rings (SSSR count). The van der Waals surface area contributed by atoms with E-state index in [1.165, 1.54) is 23.3 Å². The van der Waals surface area contributed by atoms with Crippen molar-refractivity contribution in [3.63, 3.8) is 0 Å². The van der Waals surface area contributed by atoms with Gasteiger partial charge in [-0.3, -0.25) is 9.69 Å². The van der Waals surface area contributed by atoms with Gasteiger partial charge in [-0.2, -0.15) is 0 Å². The van der Waals surface area contributed by atoms with Crippen LogP contribution in [0.3, 0.4) is 0 Å². The first kappa shape index (κ1) is 20.8.